The molecule has 2 saturated heterocycles. The molecular weight excluding hydrogens is 500 g/mol. The number of halogens is 1. The fourth-order valence-corrected chi connectivity index (χ4v) is 6.45. The smallest absolute Gasteiger partial charge is 0.271 e. The van der Waals surface area contributed by atoms with Gasteiger partial charge in [0.05, 0.1) is 23.7 Å². The zero-order valence-electron chi connectivity index (χ0n) is 20.6. The first-order chi connectivity index (χ1) is 17.8. The van der Waals surface area contributed by atoms with E-state index in [1.165, 1.54) is 7.11 Å². The predicted molar refractivity (Wildman–Crippen MR) is 135 cm³/mol. The number of hydrogen-bond donors (Lipinski definition) is 4. The number of fused-ring (bicyclic) bond motifs is 2. The number of hydrogen-bond acceptors (Lipinski definition) is 6. The Morgan fingerprint density at radius 2 is 2.08 bits per heavy atom. The predicted octanol–water partition coefficient (Wildman–Crippen LogP) is 1.64. The fraction of sp³-hybridized carbons (Fsp3) is 0.538. The number of ether oxygens (including phenoxy) is 1. The molecule has 198 valence electrons. The number of carbonyl (C=O) groups is 4. The van der Waals surface area contributed by atoms with Crippen molar-refractivity contribution in [3.05, 3.63) is 28.9 Å². The van der Waals surface area contributed by atoms with Crippen LogP contribution < -0.4 is 15.4 Å². The second-order valence-corrected chi connectivity index (χ2v) is 10.6. The highest BCUT2D eigenvalue weighted by Crippen LogP contribution is 2.43. The number of H-pyrrole nitrogens is 1. The number of ketones is 1. The lowest BCUT2D eigenvalue weighted by Gasteiger charge is -2.29. The monoisotopic (exact) mass is 530 g/mol. The number of aromatic amines is 1. The van der Waals surface area contributed by atoms with E-state index in [9.17, 15) is 24.3 Å². The van der Waals surface area contributed by atoms with Gasteiger partial charge in [0.25, 0.3) is 5.91 Å². The normalized spacial score (nSPS) is 25.7. The lowest BCUT2D eigenvalue weighted by atomic mass is 9.92. The number of likely N-dealkylation sites (tertiary alicyclic amines) is 1. The van der Waals surface area contributed by atoms with Gasteiger partial charge in [0.1, 0.15) is 24.1 Å². The topological polar surface area (TPSA) is 141 Å². The van der Waals surface area contributed by atoms with E-state index in [4.69, 9.17) is 16.3 Å². The Morgan fingerprint density at radius 3 is 2.78 bits per heavy atom. The number of aliphatic hydroxyl groups excluding tert-OH is 1. The maximum atomic E-state index is 13.7. The number of nitrogens with zero attached hydrogens (tertiary/aromatic N) is 1. The van der Waals surface area contributed by atoms with Gasteiger partial charge >= 0.3 is 0 Å². The van der Waals surface area contributed by atoms with Crippen LogP contribution >= 0.6 is 11.6 Å². The summed E-state index contributed by atoms with van der Waals surface area (Å²) in [5.41, 5.74) is 0.895. The molecule has 0 radical (unpaired) electrons. The van der Waals surface area contributed by atoms with Crippen LogP contribution in [0.3, 0.4) is 0 Å². The number of benzene rings is 1. The molecule has 5 atom stereocenters. The molecule has 0 spiro atoms. The minimum atomic E-state index is -1.00. The summed E-state index contributed by atoms with van der Waals surface area (Å²) < 4.78 is 5.40. The Bertz CT molecular complexity index is 1250. The Hall–Kier alpha value is -3.11. The summed E-state index contributed by atoms with van der Waals surface area (Å²) in [6, 6.07) is 3.33. The molecule has 4 N–H and O–H groups in total. The van der Waals surface area contributed by atoms with E-state index in [2.05, 4.69) is 15.6 Å². The maximum absolute atomic E-state index is 13.7. The number of Topliss-reactive ketones (excluding diaryl/α,β-unsaturated/α-hetero) is 1. The van der Waals surface area contributed by atoms with Crippen molar-refractivity contribution in [1.29, 1.82) is 0 Å². The summed E-state index contributed by atoms with van der Waals surface area (Å²) in [5.74, 6) is -1.17. The van der Waals surface area contributed by atoms with Gasteiger partial charge in [-0.15, -0.1) is 0 Å². The first-order valence-corrected chi connectivity index (χ1v) is 13.1. The van der Waals surface area contributed by atoms with Crippen molar-refractivity contribution in [1.82, 2.24) is 20.5 Å². The van der Waals surface area contributed by atoms with Gasteiger partial charge in [-0.1, -0.05) is 18.0 Å². The first-order valence-electron chi connectivity index (χ1n) is 12.7. The van der Waals surface area contributed by atoms with Gasteiger partial charge in [-0.25, -0.2) is 0 Å². The third kappa shape index (κ3) is 4.68. The van der Waals surface area contributed by atoms with Crippen molar-refractivity contribution in [3.63, 3.8) is 0 Å². The van der Waals surface area contributed by atoms with Gasteiger partial charge in [-0.3, -0.25) is 19.2 Å². The van der Waals surface area contributed by atoms with Crippen LogP contribution in [0.2, 0.25) is 5.02 Å². The highest BCUT2D eigenvalue weighted by Gasteiger charge is 2.50. The highest BCUT2D eigenvalue weighted by atomic mass is 35.5. The lowest BCUT2D eigenvalue weighted by molar-refractivity contribution is -0.133. The average Bonchev–Trinajstić information content (AvgIpc) is 3.67. The van der Waals surface area contributed by atoms with Gasteiger partial charge in [0, 0.05) is 24.4 Å². The third-order valence-corrected chi connectivity index (χ3v) is 8.45. The number of amides is 3. The largest absolute Gasteiger partial charge is 0.495 e. The van der Waals surface area contributed by atoms with Crippen LogP contribution in [0.1, 0.15) is 42.6 Å². The molecule has 1 aromatic heterocycles. The van der Waals surface area contributed by atoms with E-state index in [0.29, 0.717) is 46.9 Å². The van der Waals surface area contributed by atoms with E-state index in [0.717, 1.165) is 19.3 Å². The first kappa shape index (κ1) is 25.5. The van der Waals surface area contributed by atoms with Gasteiger partial charge in [-0.2, -0.15) is 0 Å². The van der Waals surface area contributed by atoms with Crippen LogP contribution in [0.25, 0.3) is 10.9 Å². The number of carbonyl (C=O) groups excluding carboxylic acids is 4. The van der Waals surface area contributed by atoms with Crippen molar-refractivity contribution >= 4 is 46.0 Å². The zero-order chi connectivity index (χ0) is 26.3. The molecule has 2 aliphatic heterocycles. The van der Waals surface area contributed by atoms with Crippen molar-refractivity contribution < 1.29 is 29.0 Å². The summed E-state index contributed by atoms with van der Waals surface area (Å²) in [6.45, 7) is 0.215. The number of nitrogens with one attached hydrogen (secondary N) is 3. The summed E-state index contributed by atoms with van der Waals surface area (Å²) >= 11 is 6.36. The zero-order valence-corrected chi connectivity index (χ0v) is 21.3. The van der Waals surface area contributed by atoms with Crippen LogP contribution in [0, 0.1) is 17.8 Å². The van der Waals surface area contributed by atoms with Crippen molar-refractivity contribution in [2.45, 2.75) is 44.2 Å². The molecule has 1 unspecified atom stereocenters. The lowest BCUT2D eigenvalue weighted by Crippen LogP contribution is -2.53. The molecule has 10 nitrogen and oxygen atoms in total. The molecule has 37 heavy (non-hydrogen) atoms. The summed E-state index contributed by atoms with van der Waals surface area (Å²) in [7, 11) is 1.53. The molecule has 1 saturated carbocycles. The summed E-state index contributed by atoms with van der Waals surface area (Å²) in [6.07, 6.45) is 3.39. The van der Waals surface area contributed by atoms with E-state index >= 15 is 0 Å². The molecule has 11 heteroatoms. The minimum absolute atomic E-state index is 0.0221. The van der Waals surface area contributed by atoms with Gasteiger partial charge in [-0.05, 0) is 55.7 Å². The Kier molecular flexibility index (Phi) is 7.13. The van der Waals surface area contributed by atoms with Crippen molar-refractivity contribution in [2.24, 2.45) is 17.8 Å². The number of rotatable bonds is 8. The number of methoxy groups -OCH3 is 1. The third-order valence-electron chi connectivity index (χ3n) is 8.12. The summed E-state index contributed by atoms with van der Waals surface area (Å²) in [4.78, 5) is 56.7. The number of aliphatic hydroxyl groups is 1. The van der Waals surface area contributed by atoms with Crippen LogP contribution in [0.4, 0.5) is 0 Å². The van der Waals surface area contributed by atoms with Gasteiger partial charge in [0.15, 0.2) is 5.78 Å². The molecular formula is C26H31ClN4O6. The fourth-order valence-electron chi connectivity index (χ4n) is 6.24. The van der Waals surface area contributed by atoms with E-state index in [1.54, 1.807) is 23.1 Å². The Labute approximate surface area is 219 Å². The van der Waals surface area contributed by atoms with E-state index in [-0.39, 0.29) is 30.1 Å². The molecule has 2 aromatic rings. The molecule has 3 heterocycles. The van der Waals surface area contributed by atoms with Crippen LogP contribution in [-0.4, -0.2) is 77.4 Å². The summed E-state index contributed by atoms with van der Waals surface area (Å²) in [5, 5.41) is 16.1. The molecule has 3 fully saturated rings. The number of aromatic nitrogens is 1. The molecule has 0 bridgehead atoms. The second kappa shape index (κ2) is 10.3. The second-order valence-electron chi connectivity index (χ2n) is 10.2. The van der Waals surface area contributed by atoms with Gasteiger partial charge in [0.2, 0.25) is 11.8 Å². The van der Waals surface area contributed by atoms with Crippen LogP contribution in [-0.2, 0) is 14.4 Å². The van der Waals surface area contributed by atoms with E-state index < -0.39 is 36.3 Å². The molecule has 3 aliphatic rings. The quantitative estimate of drug-likeness (QED) is 0.409. The van der Waals surface area contributed by atoms with Crippen molar-refractivity contribution in [2.75, 3.05) is 26.8 Å². The SMILES string of the molecule is COc1ccc(Cl)c2cc(C(=O)N3C[C@@H]4CCC[C@@H]4[C@H]3C(=O)NC(C[C@@H]3CCNC3=O)C(=O)CO)[nH]c12. The molecule has 5 rings (SSSR count). The van der Waals surface area contributed by atoms with Gasteiger partial charge < -0.3 is 30.4 Å². The molecule has 1 aliphatic carbocycles. The Morgan fingerprint density at radius 1 is 1.27 bits per heavy atom. The standard InChI is InChI=1S/C26H31ClN4O6/c1-37-21-6-5-17(27)16-10-19(29-22(16)21)26(36)31-11-14-3-2-4-15(14)23(31)25(35)30-18(20(33)12-32)9-13-7-8-28-24(13)34/h5-6,10,13-15,18,23,29,32H,2-4,7-9,11-12H2,1H3,(H,28,34)(H,30,35)/t13-,14-,15-,18?,23-/m0/s1. The van der Waals surface area contributed by atoms with Crippen LogP contribution in [0.5, 0.6) is 5.75 Å². The molecule has 1 aromatic carbocycles. The maximum Gasteiger partial charge on any atom is 0.271 e. The van der Waals surface area contributed by atoms with Crippen LogP contribution in [0.15, 0.2) is 18.2 Å². The Balaban J connectivity index is 1.41. The average molecular weight is 531 g/mol. The van der Waals surface area contributed by atoms with Crippen molar-refractivity contribution in [3.8, 4) is 5.75 Å². The molecule has 3 amide bonds. The van der Waals surface area contributed by atoms with E-state index in [1.807, 2.05) is 0 Å². The minimum Gasteiger partial charge on any atom is -0.495 e. The highest BCUT2D eigenvalue weighted by molar-refractivity contribution is 6.35.